The zero-order valence-electron chi connectivity index (χ0n) is 6.83. The molecule has 0 aromatic carbocycles. The first-order valence-electron chi connectivity index (χ1n) is 3.58. The third-order valence-electron chi connectivity index (χ3n) is 1.74. The number of carbonyl (C=O) groups excluding carboxylic acids is 1. The first-order chi connectivity index (χ1) is 5.57. The largest absolute Gasteiger partial charge is 0.379 e. The highest BCUT2D eigenvalue weighted by atomic mass is 16.5. The number of carbonyl (C=O) groups is 1. The molecule has 1 fully saturated rings. The van der Waals surface area contributed by atoms with Crippen molar-refractivity contribution in [3.63, 3.8) is 0 Å². The van der Waals surface area contributed by atoms with Crippen molar-refractivity contribution in [3.8, 4) is 6.07 Å². The summed E-state index contributed by atoms with van der Waals surface area (Å²) in [6, 6.07) is 1.76. The first-order valence-corrected chi connectivity index (χ1v) is 3.58. The Morgan fingerprint density at radius 1 is 1.75 bits per heavy atom. The van der Waals surface area contributed by atoms with E-state index in [1.54, 1.807) is 12.1 Å². The fourth-order valence-electron chi connectivity index (χ4n) is 1.01. The monoisotopic (exact) mass is 166 g/mol. The van der Waals surface area contributed by atoms with Crippen LogP contribution < -0.4 is 5.73 Å². The Morgan fingerprint density at radius 2 is 2.33 bits per heavy atom. The van der Waals surface area contributed by atoms with Crippen molar-refractivity contribution in [1.82, 2.24) is 0 Å². The fraction of sp³-hybridized carbons (Fsp3) is 0.500. The van der Waals surface area contributed by atoms with Gasteiger partial charge in [-0.1, -0.05) is 13.0 Å². The van der Waals surface area contributed by atoms with E-state index in [9.17, 15) is 4.79 Å². The van der Waals surface area contributed by atoms with Gasteiger partial charge in [-0.3, -0.25) is 4.79 Å². The van der Waals surface area contributed by atoms with Gasteiger partial charge < -0.3 is 10.5 Å². The average molecular weight is 166 g/mol. The van der Waals surface area contributed by atoms with Crippen LogP contribution in [-0.2, 0) is 9.53 Å². The van der Waals surface area contributed by atoms with Gasteiger partial charge in [-0.15, -0.1) is 0 Å². The smallest absolute Gasteiger partial charge is 0.259 e. The maximum Gasteiger partial charge on any atom is 0.259 e. The second kappa shape index (κ2) is 2.95. The molecule has 2 N–H and O–H groups in total. The minimum absolute atomic E-state index is 0.0146. The molecular weight excluding hydrogens is 156 g/mol. The molecule has 1 rings (SSSR count). The number of hydrogen-bond donors (Lipinski definition) is 1. The number of nitriles is 1. The van der Waals surface area contributed by atoms with Gasteiger partial charge in [-0.2, -0.15) is 5.26 Å². The van der Waals surface area contributed by atoms with Crippen molar-refractivity contribution in [3.05, 3.63) is 11.6 Å². The molecule has 0 radical (unpaired) electrons. The predicted molar refractivity (Wildman–Crippen MR) is 41.8 cm³/mol. The van der Waals surface area contributed by atoms with Gasteiger partial charge in [0.15, 0.2) is 0 Å². The molecule has 0 aliphatic carbocycles. The molecule has 0 aromatic heterocycles. The van der Waals surface area contributed by atoms with Crippen LogP contribution in [0.3, 0.4) is 0 Å². The third kappa shape index (κ3) is 1.63. The molecule has 0 saturated carbocycles. The SMILES string of the molecule is CC1(C=C(C#N)C(N)=O)COC1. The Bertz CT molecular complexity index is 271. The highest BCUT2D eigenvalue weighted by Crippen LogP contribution is 2.29. The Hall–Kier alpha value is -1.34. The van der Waals surface area contributed by atoms with Crippen molar-refractivity contribution >= 4 is 5.91 Å². The molecule has 1 aliphatic rings. The zero-order chi connectivity index (χ0) is 9.19. The standard InChI is InChI=1S/C8H10N2O2/c1-8(4-12-5-8)2-6(3-9)7(10)11/h2H,4-5H2,1H3,(H2,10,11). The number of nitrogens with zero attached hydrogens (tertiary/aromatic N) is 1. The van der Waals surface area contributed by atoms with E-state index in [0.29, 0.717) is 13.2 Å². The molecule has 1 amide bonds. The molecule has 0 spiro atoms. The van der Waals surface area contributed by atoms with Crippen LogP contribution in [0.1, 0.15) is 6.92 Å². The summed E-state index contributed by atoms with van der Waals surface area (Å²) in [7, 11) is 0. The van der Waals surface area contributed by atoms with E-state index >= 15 is 0 Å². The zero-order valence-corrected chi connectivity index (χ0v) is 6.83. The summed E-state index contributed by atoms with van der Waals surface area (Å²) < 4.78 is 4.96. The lowest BCUT2D eigenvalue weighted by atomic mass is 9.86. The van der Waals surface area contributed by atoms with Gasteiger partial charge in [-0.05, 0) is 0 Å². The van der Waals surface area contributed by atoms with E-state index in [0.717, 1.165) is 0 Å². The molecule has 12 heavy (non-hydrogen) atoms. The molecule has 1 aliphatic heterocycles. The van der Waals surface area contributed by atoms with Gasteiger partial charge in [-0.25, -0.2) is 0 Å². The normalized spacial score (nSPS) is 20.8. The van der Waals surface area contributed by atoms with Crippen molar-refractivity contribution in [2.24, 2.45) is 11.1 Å². The van der Waals surface area contributed by atoms with Crippen LogP contribution in [0.5, 0.6) is 0 Å². The second-order valence-electron chi connectivity index (χ2n) is 3.18. The predicted octanol–water partition coefficient (Wildman–Crippen LogP) is -0.0418. The van der Waals surface area contributed by atoms with E-state index in [4.69, 9.17) is 15.7 Å². The lowest BCUT2D eigenvalue weighted by molar-refractivity contribution is -0.114. The fourth-order valence-corrected chi connectivity index (χ4v) is 1.01. The van der Waals surface area contributed by atoms with Crippen molar-refractivity contribution in [2.45, 2.75) is 6.92 Å². The molecule has 0 bridgehead atoms. The second-order valence-corrected chi connectivity index (χ2v) is 3.18. The Morgan fingerprint density at radius 3 is 2.58 bits per heavy atom. The van der Waals surface area contributed by atoms with Crippen LogP contribution in [0, 0.1) is 16.7 Å². The van der Waals surface area contributed by atoms with Crippen molar-refractivity contribution in [2.75, 3.05) is 13.2 Å². The van der Waals surface area contributed by atoms with Crippen molar-refractivity contribution < 1.29 is 9.53 Å². The Kier molecular flexibility index (Phi) is 2.15. The quantitative estimate of drug-likeness (QED) is 0.462. The number of amides is 1. The van der Waals surface area contributed by atoms with E-state index in [2.05, 4.69) is 0 Å². The van der Waals surface area contributed by atoms with Gasteiger partial charge in [0.05, 0.1) is 13.2 Å². The number of rotatable bonds is 2. The maximum absolute atomic E-state index is 10.6. The summed E-state index contributed by atoms with van der Waals surface area (Å²) >= 11 is 0. The third-order valence-corrected chi connectivity index (χ3v) is 1.74. The van der Waals surface area contributed by atoms with Crippen LogP contribution >= 0.6 is 0 Å². The Labute approximate surface area is 70.6 Å². The summed E-state index contributed by atoms with van der Waals surface area (Å²) in [5.41, 5.74) is 4.80. The molecule has 4 heteroatoms. The van der Waals surface area contributed by atoms with Gasteiger partial charge in [0, 0.05) is 5.41 Å². The van der Waals surface area contributed by atoms with E-state index in [1.165, 1.54) is 0 Å². The summed E-state index contributed by atoms with van der Waals surface area (Å²) in [6.07, 6.45) is 1.58. The summed E-state index contributed by atoms with van der Waals surface area (Å²) in [4.78, 5) is 10.6. The highest BCUT2D eigenvalue weighted by molar-refractivity contribution is 5.96. The summed E-state index contributed by atoms with van der Waals surface area (Å²) in [6.45, 7) is 3.01. The number of primary amides is 1. The molecule has 4 nitrogen and oxygen atoms in total. The molecule has 0 atom stereocenters. The number of hydrogen-bond acceptors (Lipinski definition) is 3. The molecule has 0 unspecified atom stereocenters. The van der Waals surface area contributed by atoms with E-state index in [1.807, 2.05) is 6.92 Å². The van der Waals surface area contributed by atoms with Crippen molar-refractivity contribution in [1.29, 1.82) is 5.26 Å². The van der Waals surface area contributed by atoms with E-state index in [-0.39, 0.29) is 11.0 Å². The topological polar surface area (TPSA) is 76.1 Å². The van der Waals surface area contributed by atoms with Gasteiger partial charge in [0.1, 0.15) is 11.6 Å². The number of nitrogens with two attached hydrogens (primary N) is 1. The maximum atomic E-state index is 10.6. The molecule has 0 aromatic rings. The molecular formula is C8H10N2O2. The van der Waals surface area contributed by atoms with Gasteiger partial charge in [0.2, 0.25) is 0 Å². The minimum Gasteiger partial charge on any atom is -0.379 e. The lowest BCUT2D eigenvalue weighted by Crippen LogP contribution is -2.38. The Balaban J connectivity index is 2.78. The van der Waals surface area contributed by atoms with E-state index < -0.39 is 5.91 Å². The van der Waals surface area contributed by atoms with Crippen LogP contribution in [0.4, 0.5) is 0 Å². The van der Waals surface area contributed by atoms with Crippen LogP contribution in [0.2, 0.25) is 0 Å². The van der Waals surface area contributed by atoms with Crippen LogP contribution in [0.15, 0.2) is 11.6 Å². The van der Waals surface area contributed by atoms with Crippen LogP contribution in [0.25, 0.3) is 0 Å². The molecule has 1 saturated heterocycles. The van der Waals surface area contributed by atoms with Gasteiger partial charge in [0.25, 0.3) is 5.91 Å². The molecule has 1 heterocycles. The first kappa shape index (κ1) is 8.75. The number of ether oxygens (including phenoxy) is 1. The van der Waals surface area contributed by atoms with Crippen LogP contribution in [-0.4, -0.2) is 19.1 Å². The summed E-state index contributed by atoms with van der Waals surface area (Å²) in [5, 5.41) is 8.52. The minimum atomic E-state index is -0.675. The summed E-state index contributed by atoms with van der Waals surface area (Å²) in [5.74, 6) is -0.675. The van der Waals surface area contributed by atoms with Gasteiger partial charge >= 0.3 is 0 Å². The average Bonchev–Trinajstić information content (AvgIpc) is 1.96. The highest BCUT2D eigenvalue weighted by Gasteiger charge is 2.32. The lowest BCUT2D eigenvalue weighted by Gasteiger charge is -2.35. The molecule has 64 valence electrons.